The summed E-state index contributed by atoms with van der Waals surface area (Å²) < 4.78 is 14.0. The van der Waals surface area contributed by atoms with Gasteiger partial charge in [0.25, 0.3) is 0 Å². The van der Waals surface area contributed by atoms with Gasteiger partial charge in [-0.15, -0.1) is 0 Å². The van der Waals surface area contributed by atoms with Crippen LogP contribution in [0.25, 0.3) is 11.1 Å². The van der Waals surface area contributed by atoms with Crippen molar-refractivity contribution in [3.8, 4) is 23.0 Å². The molecule has 0 atom stereocenters. The maximum atomic E-state index is 14.0. The summed E-state index contributed by atoms with van der Waals surface area (Å²) in [6.45, 7) is 2.22. The van der Waals surface area contributed by atoms with Crippen LogP contribution < -0.4 is 0 Å². The Kier molecular flexibility index (Phi) is 7.41. The molecule has 0 saturated heterocycles. The van der Waals surface area contributed by atoms with Gasteiger partial charge in [-0.1, -0.05) is 68.0 Å². The summed E-state index contributed by atoms with van der Waals surface area (Å²) >= 11 is 4.49. The maximum absolute atomic E-state index is 14.0. The van der Waals surface area contributed by atoms with Crippen LogP contribution in [-0.2, 0) is 6.42 Å². The number of nitrogens with zero attached hydrogens (tertiary/aromatic N) is 2. The van der Waals surface area contributed by atoms with Crippen molar-refractivity contribution in [3.63, 3.8) is 0 Å². The molecule has 2 nitrogen and oxygen atoms in total. The second kappa shape index (κ2) is 10.4. The van der Waals surface area contributed by atoms with Crippen LogP contribution in [0.15, 0.2) is 65.8 Å². The molecule has 2 aromatic carbocycles. The molecule has 3 rings (SSSR count). The number of aromatic nitrogens is 1. The van der Waals surface area contributed by atoms with E-state index in [0.717, 1.165) is 17.5 Å². The molecule has 144 valence electrons. The molecule has 0 radical (unpaired) electrons. The van der Waals surface area contributed by atoms with E-state index in [1.165, 1.54) is 42.7 Å². The Balaban J connectivity index is 1.70. The van der Waals surface area contributed by atoms with Crippen molar-refractivity contribution in [1.29, 1.82) is 0 Å². The van der Waals surface area contributed by atoms with E-state index in [2.05, 4.69) is 70.4 Å². The van der Waals surface area contributed by atoms with Gasteiger partial charge in [0.1, 0.15) is 5.82 Å². The highest BCUT2D eigenvalue weighted by atomic mass is 32.1. The minimum Gasteiger partial charge on any atom is -0.235 e. The summed E-state index contributed by atoms with van der Waals surface area (Å²) in [7, 11) is 0. The quantitative estimate of drug-likeness (QED) is 0.198. The third-order valence-electron chi connectivity index (χ3n) is 4.58. The van der Waals surface area contributed by atoms with Crippen molar-refractivity contribution in [2.75, 3.05) is 0 Å². The summed E-state index contributed by atoms with van der Waals surface area (Å²) in [4.78, 5) is 7.64. The van der Waals surface area contributed by atoms with Crippen LogP contribution in [0.4, 0.5) is 10.2 Å². The molecule has 0 aliphatic rings. The molecular weight excluding hydrogens is 379 g/mol. The highest BCUT2D eigenvalue weighted by molar-refractivity contribution is 7.78. The van der Waals surface area contributed by atoms with E-state index in [0.29, 0.717) is 0 Å². The molecule has 29 heavy (non-hydrogen) atoms. The third kappa shape index (κ3) is 5.93. The Morgan fingerprint density at radius 1 is 0.966 bits per heavy atom. The largest absolute Gasteiger partial charge is 0.235 e. The van der Waals surface area contributed by atoms with E-state index in [-0.39, 0.29) is 11.4 Å². The SMILES string of the molecule is CCCCCc1ccc(-c2ccc(C#Cc3cnc(N=C=S)cc3F)cc2)cc1. The van der Waals surface area contributed by atoms with Crippen LogP contribution in [0.1, 0.15) is 42.9 Å². The Morgan fingerprint density at radius 2 is 1.66 bits per heavy atom. The lowest BCUT2D eigenvalue weighted by atomic mass is 10.0. The Morgan fingerprint density at radius 3 is 2.28 bits per heavy atom. The van der Waals surface area contributed by atoms with Crippen LogP contribution in [0.5, 0.6) is 0 Å². The molecule has 0 unspecified atom stereocenters. The molecule has 1 aromatic heterocycles. The average Bonchev–Trinajstić information content (AvgIpc) is 2.75. The van der Waals surface area contributed by atoms with Gasteiger partial charge in [-0.05, 0) is 53.9 Å². The normalized spacial score (nSPS) is 10.0. The van der Waals surface area contributed by atoms with E-state index < -0.39 is 5.82 Å². The molecule has 0 aliphatic carbocycles. The van der Waals surface area contributed by atoms with Gasteiger partial charge in [-0.25, -0.2) is 9.37 Å². The van der Waals surface area contributed by atoms with E-state index >= 15 is 0 Å². The van der Waals surface area contributed by atoms with Gasteiger partial charge in [-0.3, -0.25) is 0 Å². The summed E-state index contributed by atoms with van der Waals surface area (Å²) in [6, 6.07) is 17.8. The molecule has 0 spiro atoms. The lowest BCUT2D eigenvalue weighted by molar-refractivity contribution is 0.622. The van der Waals surface area contributed by atoms with Crippen LogP contribution in [0.3, 0.4) is 0 Å². The minimum absolute atomic E-state index is 0.184. The fourth-order valence-electron chi connectivity index (χ4n) is 2.95. The molecule has 1 heterocycles. The predicted molar refractivity (Wildman–Crippen MR) is 120 cm³/mol. The fraction of sp³-hybridized carbons (Fsp3) is 0.200. The van der Waals surface area contributed by atoms with Gasteiger partial charge in [0.2, 0.25) is 0 Å². The third-order valence-corrected chi connectivity index (χ3v) is 4.67. The molecule has 0 amide bonds. The monoisotopic (exact) mass is 400 g/mol. The van der Waals surface area contributed by atoms with Crippen molar-refractivity contribution in [2.24, 2.45) is 4.99 Å². The second-order valence-electron chi connectivity index (χ2n) is 6.71. The molecule has 4 heteroatoms. The van der Waals surface area contributed by atoms with Crippen LogP contribution in [-0.4, -0.2) is 10.1 Å². The number of hydrogen-bond donors (Lipinski definition) is 0. The van der Waals surface area contributed by atoms with E-state index in [1.807, 2.05) is 24.3 Å². The van der Waals surface area contributed by atoms with Gasteiger partial charge >= 0.3 is 0 Å². The standard InChI is InChI=1S/C25H21FN2S/c1-2-3-4-5-19-6-11-21(12-7-19)22-13-8-20(9-14-22)10-15-23-17-27-25(28-18-29)16-24(23)26/h6-9,11-14,16-17H,2-5H2,1H3. The first kappa shape index (κ1) is 20.6. The van der Waals surface area contributed by atoms with Crippen molar-refractivity contribution in [1.82, 2.24) is 4.98 Å². The first-order valence-electron chi connectivity index (χ1n) is 9.64. The lowest BCUT2D eigenvalue weighted by Gasteiger charge is -2.05. The number of aliphatic imine (C=N–C) groups is 1. The van der Waals surface area contributed by atoms with Crippen molar-refractivity contribution < 1.29 is 4.39 Å². The Bertz CT molecular complexity index is 1070. The minimum atomic E-state index is -0.479. The van der Waals surface area contributed by atoms with Gasteiger partial charge in [0, 0.05) is 17.8 Å². The van der Waals surface area contributed by atoms with Gasteiger partial charge in [-0.2, -0.15) is 4.99 Å². The topological polar surface area (TPSA) is 25.2 Å². The number of rotatable bonds is 6. The number of halogens is 1. The smallest absolute Gasteiger partial charge is 0.165 e. The van der Waals surface area contributed by atoms with E-state index in [1.54, 1.807) is 0 Å². The predicted octanol–water partition coefficient (Wildman–Crippen LogP) is 6.75. The van der Waals surface area contributed by atoms with Crippen LogP contribution in [0.2, 0.25) is 0 Å². The van der Waals surface area contributed by atoms with Crippen molar-refractivity contribution >= 4 is 23.2 Å². The first-order chi connectivity index (χ1) is 14.2. The fourth-order valence-corrected chi connectivity index (χ4v) is 3.04. The summed E-state index contributed by atoms with van der Waals surface area (Å²) in [5, 5.41) is 2.16. The van der Waals surface area contributed by atoms with Gasteiger partial charge in [0.05, 0.1) is 10.7 Å². The zero-order valence-electron chi connectivity index (χ0n) is 16.3. The highest BCUT2D eigenvalue weighted by Crippen LogP contribution is 2.21. The summed E-state index contributed by atoms with van der Waals surface area (Å²) in [5.41, 5.74) is 4.71. The second-order valence-corrected chi connectivity index (χ2v) is 6.89. The molecule has 0 N–H and O–H groups in total. The molecular formula is C25H21FN2S. The van der Waals surface area contributed by atoms with E-state index in [9.17, 15) is 4.39 Å². The number of isothiocyanates is 1. The maximum Gasteiger partial charge on any atom is 0.165 e. The van der Waals surface area contributed by atoms with Crippen LogP contribution in [0, 0.1) is 17.7 Å². The average molecular weight is 401 g/mol. The molecule has 0 saturated carbocycles. The Hall–Kier alpha value is -3.12. The zero-order chi connectivity index (χ0) is 20.5. The zero-order valence-corrected chi connectivity index (χ0v) is 17.1. The molecule has 3 aromatic rings. The number of benzene rings is 2. The summed E-state index contributed by atoms with van der Waals surface area (Å²) in [5.74, 6) is 5.49. The number of hydrogen-bond acceptors (Lipinski definition) is 3. The highest BCUT2D eigenvalue weighted by Gasteiger charge is 2.02. The lowest BCUT2D eigenvalue weighted by Crippen LogP contribution is -1.87. The van der Waals surface area contributed by atoms with Gasteiger partial charge in [0.15, 0.2) is 5.82 Å². The number of aryl methyl sites for hydroxylation is 1. The number of thiocarbonyl (C=S) groups is 1. The molecule has 0 aliphatic heterocycles. The van der Waals surface area contributed by atoms with Crippen LogP contribution >= 0.6 is 12.2 Å². The number of unbranched alkanes of at least 4 members (excludes halogenated alkanes) is 2. The number of pyridine rings is 1. The van der Waals surface area contributed by atoms with E-state index in [4.69, 9.17) is 0 Å². The summed E-state index contributed by atoms with van der Waals surface area (Å²) in [6.07, 6.45) is 6.23. The first-order valence-corrected chi connectivity index (χ1v) is 10.0. The van der Waals surface area contributed by atoms with Crippen molar-refractivity contribution in [3.05, 3.63) is 83.3 Å². The van der Waals surface area contributed by atoms with Crippen molar-refractivity contribution in [2.45, 2.75) is 32.6 Å². The molecule has 0 bridgehead atoms. The Labute approximate surface area is 176 Å². The molecule has 0 fully saturated rings. The van der Waals surface area contributed by atoms with Gasteiger partial charge < -0.3 is 0 Å².